The molecule has 0 aromatic carbocycles. The number of hydrogen-bond donors (Lipinski definition) is 2. The molecule has 0 fully saturated rings. The maximum Gasteiger partial charge on any atom is 0.0795 e. The van der Waals surface area contributed by atoms with Gasteiger partial charge in [0.1, 0.15) is 0 Å². The van der Waals surface area contributed by atoms with Crippen LogP contribution in [0.1, 0.15) is 45.3 Å². The second kappa shape index (κ2) is 5.58. The van der Waals surface area contributed by atoms with Crippen molar-refractivity contribution < 1.29 is 5.11 Å². The summed E-state index contributed by atoms with van der Waals surface area (Å²) in [6.07, 6.45) is 1.78. The van der Waals surface area contributed by atoms with Gasteiger partial charge in [-0.2, -0.15) is 0 Å². The summed E-state index contributed by atoms with van der Waals surface area (Å²) in [5.74, 6) is 0. The highest BCUT2D eigenvalue weighted by molar-refractivity contribution is 7.07. The van der Waals surface area contributed by atoms with Crippen LogP contribution in [0.4, 0.5) is 0 Å². The van der Waals surface area contributed by atoms with Crippen molar-refractivity contribution in [2.24, 2.45) is 0 Å². The van der Waals surface area contributed by atoms with Crippen molar-refractivity contribution in [1.82, 2.24) is 10.3 Å². The fourth-order valence-corrected chi connectivity index (χ4v) is 2.28. The number of nitrogens with zero attached hydrogens (tertiary/aromatic N) is 1. The van der Waals surface area contributed by atoms with Crippen molar-refractivity contribution in [3.05, 3.63) is 16.6 Å². The van der Waals surface area contributed by atoms with Gasteiger partial charge in [0.05, 0.1) is 11.2 Å². The summed E-state index contributed by atoms with van der Waals surface area (Å²) in [4.78, 5) is 4.29. The molecule has 1 heterocycles. The number of nitrogens with one attached hydrogen (secondary N) is 1. The molecular weight excluding hydrogens is 208 g/mol. The Kier molecular flexibility index (Phi) is 4.70. The van der Waals surface area contributed by atoms with Crippen LogP contribution in [0.25, 0.3) is 0 Å². The standard InChI is InChI=1S/C11H20N2OS/c1-4-11(3,5-6-14)13-9(2)10-7-15-8-12-10/h7-9,13-14H,4-6H2,1-3H3. The van der Waals surface area contributed by atoms with E-state index >= 15 is 0 Å². The molecular formula is C11H20N2OS. The van der Waals surface area contributed by atoms with E-state index in [1.165, 1.54) is 0 Å². The minimum Gasteiger partial charge on any atom is -0.396 e. The normalized spacial score (nSPS) is 17.3. The predicted octanol–water partition coefficient (Wildman–Crippen LogP) is 2.34. The van der Waals surface area contributed by atoms with E-state index in [1.807, 2.05) is 5.51 Å². The van der Waals surface area contributed by atoms with Crippen LogP contribution in [0.3, 0.4) is 0 Å². The largest absolute Gasteiger partial charge is 0.396 e. The Hall–Kier alpha value is -0.450. The van der Waals surface area contributed by atoms with Crippen LogP contribution < -0.4 is 5.32 Å². The van der Waals surface area contributed by atoms with Gasteiger partial charge >= 0.3 is 0 Å². The van der Waals surface area contributed by atoms with Crippen molar-refractivity contribution in [2.75, 3.05) is 6.61 Å². The molecule has 1 aromatic rings. The molecule has 0 aliphatic heterocycles. The minimum absolute atomic E-state index is 0.00220. The predicted molar refractivity (Wildman–Crippen MR) is 64.1 cm³/mol. The molecule has 4 heteroatoms. The van der Waals surface area contributed by atoms with Gasteiger partial charge in [-0.25, -0.2) is 4.98 Å². The molecule has 0 saturated carbocycles. The number of rotatable bonds is 6. The minimum atomic E-state index is -0.00220. The van der Waals surface area contributed by atoms with Gasteiger partial charge in [0.15, 0.2) is 0 Å². The van der Waals surface area contributed by atoms with Crippen LogP contribution in [0, 0.1) is 0 Å². The molecule has 2 unspecified atom stereocenters. The van der Waals surface area contributed by atoms with Gasteiger partial charge in [-0.1, -0.05) is 6.92 Å². The molecule has 0 bridgehead atoms. The zero-order valence-corrected chi connectivity index (χ0v) is 10.5. The van der Waals surface area contributed by atoms with E-state index in [0.29, 0.717) is 0 Å². The first-order valence-electron chi connectivity index (χ1n) is 5.38. The molecule has 1 rings (SSSR count). The lowest BCUT2D eigenvalue weighted by molar-refractivity contribution is 0.204. The average molecular weight is 228 g/mol. The molecule has 15 heavy (non-hydrogen) atoms. The summed E-state index contributed by atoms with van der Waals surface area (Å²) in [6.45, 7) is 6.62. The first kappa shape index (κ1) is 12.6. The molecule has 0 amide bonds. The molecule has 0 aliphatic carbocycles. The van der Waals surface area contributed by atoms with Crippen LogP contribution in [0.15, 0.2) is 10.9 Å². The lowest BCUT2D eigenvalue weighted by Crippen LogP contribution is -2.43. The smallest absolute Gasteiger partial charge is 0.0795 e. The van der Waals surface area contributed by atoms with E-state index in [1.54, 1.807) is 11.3 Å². The van der Waals surface area contributed by atoms with Crippen LogP contribution >= 0.6 is 11.3 Å². The highest BCUT2D eigenvalue weighted by Crippen LogP contribution is 2.21. The second-order valence-corrected chi connectivity index (χ2v) is 4.89. The monoisotopic (exact) mass is 228 g/mol. The zero-order valence-electron chi connectivity index (χ0n) is 9.66. The summed E-state index contributed by atoms with van der Waals surface area (Å²) in [7, 11) is 0. The molecule has 2 N–H and O–H groups in total. The lowest BCUT2D eigenvalue weighted by Gasteiger charge is -2.32. The summed E-state index contributed by atoms with van der Waals surface area (Å²) in [6, 6.07) is 0.243. The highest BCUT2D eigenvalue weighted by Gasteiger charge is 2.24. The van der Waals surface area contributed by atoms with Gasteiger partial charge < -0.3 is 10.4 Å². The van der Waals surface area contributed by atoms with Crippen LogP contribution in [-0.4, -0.2) is 22.2 Å². The number of aromatic nitrogens is 1. The zero-order chi connectivity index (χ0) is 11.3. The van der Waals surface area contributed by atoms with Crippen molar-refractivity contribution >= 4 is 11.3 Å². The van der Waals surface area contributed by atoms with Gasteiger partial charge in [0, 0.05) is 23.6 Å². The second-order valence-electron chi connectivity index (χ2n) is 4.17. The third kappa shape index (κ3) is 3.55. The highest BCUT2D eigenvalue weighted by atomic mass is 32.1. The van der Waals surface area contributed by atoms with Crippen LogP contribution in [0.5, 0.6) is 0 Å². The quantitative estimate of drug-likeness (QED) is 0.785. The molecule has 86 valence electrons. The fraction of sp³-hybridized carbons (Fsp3) is 0.727. The molecule has 3 nitrogen and oxygen atoms in total. The van der Waals surface area contributed by atoms with Crippen LogP contribution in [-0.2, 0) is 0 Å². The summed E-state index contributed by atoms with van der Waals surface area (Å²) < 4.78 is 0. The first-order chi connectivity index (χ1) is 7.11. The fourth-order valence-electron chi connectivity index (χ4n) is 1.63. The number of aliphatic hydroxyl groups excluding tert-OH is 1. The van der Waals surface area contributed by atoms with E-state index < -0.39 is 0 Å². The Bertz CT molecular complexity index is 276. The van der Waals surface area contributed by atoms with Gasteiger partial charge in [-0.3, -0.25) is 0 Å². The first-order valence-corrected chi connectivity index (χ1v) is 6.32. The van der Waals surface area contributed by atoms with Crippen molar-refractivity contribution in [3.63, 3.8) is 0 Å². The Morgan fingerprint density at radius 3 is 2.87 bits per heavy atom. The van der Waals surface area contributed by atoms with E-state index in [4.69, 9.17) is 5.11 Å². The Labute approximate surface area is 95.6 Å². The average Bonchev–Trinajstić information content (AvgIpc) is 2.71. The Balaban J connectivity index is 2.59. The lowest BCUT2D eigenvalue weighted by atomic mass is 9.93. The van der Waals surface area contributed by atoms with Gasteiger partial charge in [-0.05, 0) is 26.7 Å². The number of aliphatic hydroxyl groups is 1. The van der Waals surface area contributed by atoms with Crippen molar-refractivity contribution in [2.45, 2.75) is 45.2 Å². The summed E-state index contributed by atoms with van der Waals surface area (Å²) >= 11 is 1.61. The molecule has 0 radical (unpaired) electrons. The van der Waals surface area contributed by atoms with Crippen molar-refractivity contribution in [1.29, 1.82) is 0 Å². The molecule has 0 spiro atoms. The van der Waals surface area contributed by atoms with Gasteiger partial charge in [0.25, 0.3) is 0 Å². The van der Waals surface area contributed by atoms with E-state index in [9.17, 15) is 0 Å². The summed E-state index contributed by atoms with van der Waals surface area (Å²) in [5.41, 5.74) is 2.93. The number of hydrogen-bond acceptors (Lipinski definition) is 4. The van der Waals surface area contributed by atoms with Gasteiger partial charge in [0.2, 0.25) is 0 Å². The van der Waals surface area contributed by atoms with E-state index in [2.05, 4.69) is 36.5 Å². The molecule has 0 saturated heterocycles. The summed E-state index contributed by atoms with van der Waals surface area (Å²) in [5, 5.41) is 14.6. The van der Waals surface area contributed by atoms with Gasteiger partial charge in [-0.15, -0.1) is 11.3 Å². The Morgan fingerprint density at radius 1 is 1.67 bits per heavy atom. The topological polar surface area (TPSA) is 45.1 Å². The molecule has 2 atom stereocenters. The SMILES string of the molecule is CCC(C)(CCO)NC(C)c1cscn1. The van der Waals surface area contributed by atoms with E-state index in [0.717, 1.165) is 18.5 Å². The van der Waals surface area contributed by atoms with Crippen LogP contribution in [0.2, 0.25) is 0 Å². The third-order valence-corrected chi connectivity index (χ3v) is 3.51. The maximum absolute atomic E-state index is 9.02. The van der Waals surface area contributed by atoms with E-state index in [-0.39, 0.29) is 18.2 Å². The third-order valence-electron chi connectivity index (χ3n) is 2.90. The Morgan fingerprint density at radius 2 is 2.40 bits per heavy atom. The van der Waals surface area contributed by atoms with Crippen molar-refractivity contribution in [3.8, 4) is 0 Å². The number of thiazole rings is 1. The molecule has 1 aromatic heterocycles. The maximum atomic E-state index is 9.02. The molecule has 0 aliphatic rings.